The number of aryl methyl sites for hydroxylation is 1. The Morgan fingerprint density at radius 1 is 1.26 bits per heavy atom. The molecule has 0 bridgehead atoms. The Morgan fingerprint density at radius 2 is 2.00 bits per heavy atom. The van der Waals surface area contributed by atoms with Crippen molar-refractivity contribution in [1.29, 1.82) is 0 Å². The summed E-state index contributed by atoms with van der Waals surface area (Å²) in [6, 6.07) is 8.51. The summed E-state index contributed by atoms with van der Waals surface area (Å²) >= 11 is 4.53. The first-order valence-corrected chi connectivity index (χ1v) is 8.44. The molecular weight excluding hydrogens is 350 g/mol. The predicted molar refractivity (Wildman–Crippen MR) is 80.6 cm³/mol. The van der Waals surface area contributed by atoms with Crippen LogP contribution >= 0.6 is 27.3 Å². The van der Waals surface area contributed by atoms with E-state index >= 15 is 0 Å². The van der Waals surface area contributed by atoms with Crippen LogP contribution in [0.1, 0.15) is 4.88 Å². The summed E-state index contributed by atoms with van der Waals surface area (Å²) in [4.78, 5) is 0.946. The molecule has 1 N–H and O–H groups in total. The van der Waals surface area contributed by atoms with Crippen molar-refractivity contribution in [2.24, 2.45) is 0 Å². The molecule has 0 spiro atoms. The number of anilines is 1. The number of thiophene rings is 1. The normalized spacial score (nSPS) is 11.3. The summed E-state index contributed by atoms with van der Waals surface area (Å²) in [6.45, 7) is 1.86. The third-order valence-corrected chi connectivity index (χ3v) is 5.74. The lowest BCUT2D eigenvalue weighted by molar-refractivity contribution is 0.417. The third-order valence-electron chi connectivity index (χ3n) is 2.39. The number of hydrogen-bond donors (Lipinski definition) is 1. The van der Waals surface area contributed by atoms with Gasteiger partial charge in [-0.25, -0.2) is 8.42 Å². The number of benzene rings is 1. The zero-order valence-corrected chi connectivity index (χ0v) is 13.5. The molecule has 4 nitrogen and oxygen atoms in total. The van der Waals surface area contributed by atoms with Gasteiger partial charge in [0, 0.05) is 9.35 Å². The minimum Gasteiger partial charge on any atom is -0.495 e. The largest absolute Gasteiger partial charge is 0.495 e. The van der Waals surface area contributed by atoms with E-state index in [-0.39, 0.29) is 4.21 Å². The fraction of sp³-hybridized carbons (Fsp3) is 0.167. The van der Waals surface area contributed by atoms with E-state index in [1.54, 1.807) is 30.3 Å². The quantitative estimate of drug-likeness (QED) is 0.904. The minimum atomic E-state index is -3.57. The molecule has 0 aliphatic rings. The van der Waals surface area contributed by atoms with Crippen molar-refractivity contribution in [2.45, 2.75) is 11.1 Å². The highest BCUT2D eigenvalue weighted by Gasteiger charge is 2.18. The second kappa shape index (κ2) is 5.52. The van der Waals surface area contributed by atoms with Gasteiger partial charge in [0.1, 0.15) is 9.96 Å². The van der Waals surface area contributed by atoms with E-state index < -0.39 is 10.0 Å². The second-order valence-electron chi connectivity index (χ2n) is 3.82. The van der Waals surface area contributed by atoms with Gasteiger partial charge in [0.2, 0.25) is 0 Å². The number of sulfonamides is 1. The molecule has 0 radical (unpaired) electrons. The molecule has 0 aliphatic carbocycles. The zero-order valence-electron chi connectivity index (χ0n) is 10.3. The van der Waals surface area contributed by atoms with Gasteiger partial charge in [-0.15, -0.1) is 11.3 Å². The van der Waals surface area contributed by atoms with Crippen molar-refractivity contribution in [2.75, 3.05) is 11.8 Å². The third kappa shape index (κ3) is 3.29. The van der Waals surface area contributed by atoms with Gasteiger partial charge in [-0.1, -0.05) is 15.9 Å². The van der Waals surface area contributed by atoms with E-state index in [1.807, 2.05) is 6.92 Å². The summed E-state index contributed by atoms with van der Waals surface area (Å²) in [5.41, 5.74) is 0.405. The molecule has 1 aromatic carbocycles. The lowest BCUT2D eigenvalue weighted by Crippen LogP contribution is -2.12. The van der Waals surface area contributed by atoms with Gasteiger partial charge in [0.25, 0.3) is 10.0 Å². The number of rotatable bonds is 4. The maximum Gasteiger partial charge on any atom is 0.271 e. The van der Waals surface area contributed by atoms with Crippen LogP contribution in [-0.4, -0.2) is 15.5 Å². The summed E-state index contributed by atoms with van der Waals surface area (Å²) in [6.07, 6.45) is 0. The van der Waals surface area contributed by atoms with Crippen LogP contribution in [0.3, 0.4) is 0 Å². The molecule has 1 aromatic heterocycles. The Morgan fingerprint density at radius 3 is 2.58 bits per heavy atom. The fourth-order valence-corrected chi connectivity index (χ4v) is 4.22. The van der Waals surface area contributed by atoms with Gasteiger partial charge in [0.05, 0.1) is 12.8 Å². The van der Waals surface area contributed by atoms with E-state index in [2.05, 4.69) is 20.7 Å². The monoisotopic (exact) mass is 361 g/mol. The van der Waals surface area contributed by atoms with Crippen molar-refractivity contribution < 1.29 is 13.2 Å². The number of halogens is 1. The van der Waals surface area contributed by atoms with E-state index in [0.717, 1.165) is 9.35 Å². The van der Waals surface area contributed by atoms with Crippen LogP contribution < -0.4 is 9.46 Å². The highest BCUT2D eigenvalue weighted by Crippen LogP contribution is 2.31. The molecule has 0 saturated heterocycles. The van der Waals surface area contributed by atoms with E-state index in [1.165, 1.54) is 18.4 Å². The van der Waals surface area contributed by atoms with Crippen LogP contribution in [0.15, 0.2) is 39.0 Å². The summed E-state index contributed by atoms with van der Waals surface area (Å²) in [5, 5.41) is 0. The average Bonchev–Trinajstić information content (AvgIpc) is 2.76. The van der Waals surface area contributed by atoms with Crippen molar-refractivity contribution in [3.63, 3.8) is 0 Å². The SMILES string of the molecule is COc1ccc(Br)cc1NS(=O)(=O)c1ccc(C)s1. The smallest absolute Gasteiger partial charge is 0.271 e. The molecular formula is C12H12BrNO3S2. The van der Waals surface area contributed by atoms with Gasteiger partial charge in [0.15, 0.2) is 0 Å². The van der Waals surface area contributed by atoms with E-state index in [4.69, 9.17) is 4.74 Å². The molecule has 19 heavy (non-hydrogen) atoms. The van der Waals surface area contributed by atoms with Crippen LogP contribution in [0.5, 0.6) is 5.75 Å². The lowest BCUT2D eigenvalue weighted by Gasteiger charge is -2.11. The van der Waals surface area contributed by atoms with Crippen molar-refractivity contribution >= 4 is 43.0 Å². The van der Waals surface area contributed by atoms with E-state index in [0.29, 0.717) is 11.4 Å². The topological polar surface area (TPSA) is 55.4 Å². The van der Waals surface area contributed by atoms with Crippen LogP contribution in [0.2, 0.25) is 0 Å². The minimum absolute atomic E-state index is 0.284. The lowest BCUT2D eigenvalue weighted by atomic mass is 10.3. The molecule has 0 aliphatic heterocycles. The molecule has 7 heteroatoms. The summed E-state index contributed by atoms with van der Waals surface area (Å²) in [5.74, 6) is 0.472. The van der Waals surface area contributed by atoms with Crippen molar-refractivity contribution in [3.8, 4) is 5.75 Å². The van der Waals surface area contributed by atoms with Crippen LogP contribution in [0.4, 0.5) is 5.69 Å². The molecule has 0 amide bonds. The Bertz CT molecular complexity index is 695. The Balaban J connectivity index is 2.38. The molecule has 102 valence electrons. The second-order valence-corrected chi connectivity index (χ2v) is 7.93. The Labute approximate surface area is 124 Å². The Hall–Kier alpha value is -1.05. The predicted octanol–water partition coefficient (Wildman–Crippen LogP) is 3.63. The molecule has 1 heterocycles. The van der Waals surface area contributed by atoms with E-state index in [9.17, 15) is 8.42 Å². The molecule has 2 aromatic rings. The first-order chi connectivity index (χ1) is 8.92. The first kappa shape index (κ1) is 14.4. The highest BCUT2D eigenvalue weighted by atomic mass is 79.9. The molecule has 2 rings (SSSR count). The highest BCUT2D eigenvalue weighted by molar-refractivity contribution is 9.10. The number of ether oxygens (including phenoxy) is 1. The van der Waals surface area contributed by atoms with Gasteiger partial charge >= 0.3 is 0 Å². The zero-order chi connectivity index (χ0) is 14.0. The number of methoxy groups -OCH3 is 1. The molecule has 0 unspecified atom stereocenters. The maximum atomic E-state index is 12.2. The van der Waals surface area contributed by atoms with Gasteiger partial charge in [-0.3, -0.25) is 4.72 Å². The number of nitrogens with one attached hydrogen (secondary N) is 1. The first-order valence-electron chi connectivity index (χ1n) is 5.35. The maximum absolute atomic E-state index is 12.2. The molecule has 0 atom stereocenters. The van der Waals surface area contributed by atoms with Gasteiger partial charge in [-0.2, -0.15) is 0 Å². The standard InChI is InChI=1S/C12H12BrNO3S2/c1-8-3-6-12(18-8)19(15,16)14-10-7-9(13)4-5-11(10)17-2/h3-7,14H,1-2H3. The molecule has 0 fully saturated rings. The number of hydrogen-bond acceptors (Lipinski definition) is 4. The van der Waals surface area contributed by atoms with Crippen molar-refractivity contribution in [1.82, 2.24) is 0 Å². The van der Waals surface area contributed by atoms with Crippen LogP contribution in [-0.2, 0) is 10.0 Å². The van der Waals surface area contributed by atoms with Gasteiger partial charge < -0.3 is 4.74 Å². The average molecular weight is 362 g/mol. The summed E-state index contributed by atoms with van der Waals surface area (Å²) < 4.78 is 33.2. The summed E-state index contributed by atoms with van der Waals surface area (Å²) in [7, 11) is -2.08. The van der Waals surface area contributed by atoms with Crippen molar-refractivity contribution in [3.05, 3.63) is 39.7 Å². The van der Waals surface area contributed by atoms with Crippen LogP contribution in [0, 0.1) is 6.92 Å². The van der Waals surface area contributed by atoms with Crippen LogP contribution in [0.25, 0.3) is 0 Å². The Kier molecular flexibility index (Phi) is 4.17. The fourth-order valence-electron chi connectivity index (χ4n) is 1.51. The molecule has 0 saturated carbocycles. The van der Waals surface area contributed by atoms with Gasteiger partial charge in [-0.05, 0) is 37.3 Å².